The highest BCUT2D eigenvalue weighted by atomic mass is 16.5. The van der Waals surface area contributed by atoms with Crippen LogP contribution in [-0.2, 0) is 6.42 Å². The molecule has 0 aliphatic heterocycles. The van der Waals surface area contributed by atoms with Gasteiger partial charge in [-0.3, -0.25) is 0 Å². The van der Waals surface area contributed by atoms with Crippen molar-refractivity contribution in [1.29, 1.82) is 0 Å². The Labute approximate surface area is 97.7 Å². The number of hydrogen-bond acceptors (Lipinski definition) is 4. The quantitative estimate of drug-likeness (QED) is 0.688. The molecule has 0 fully saturated rings. The van der Waals surface area contributed by atoms with Gasteiger partial charge in [-0.05, 0) is 18.2 Å². The Kier molecular flexibility index (Phi) is 2.29. The zero-order valence-corrected chi connectivity index (χ0v) is 9.33. The van der Waals surface area contributed by atoms with Gasteiger partial charge in [-0.15, -0.1) is 5.10 Å². The van der Waals surface area contributed by atoms with Crippen LogP contribution < -0.4 is 4.74 Å². The summed E-state index contributed by atoms with van der Waals surface area (Å²) >= 11 is 0. The number of furan rings is 1. The van der Waals surface area contributed by atoms with Gasteiger partial charge >= 0.3 is 0 Å². The van der Waals surface area contributed by atoms with E-state index in [-0.39, 0.29) is 0 Å². The SMILES string of the molecule is COc1cccc2nc(Cc3ccco3)nn12. The Bertz CT molecular complexity index is 628. The minimum Gasteiger partial charge on any atom is -0.481 e. The van der Waals surface area contributed by atoms with Crippen LogP contribution >= 0.6 is 0 Å². The van der Waals surface area contributed by atoms with E-state index in [1.165, 1.54) is 0 Å². The summed E-state index contributed by atoms with van der Waals surface area (Å²) < 4.78 is 12.2. The van der Waals surface area contributed by atoms with Crippen molar-refractivity contribution >= 4 is 5.65 Å². The zero-order valence-electron chi connectivity index (χ0n) is 9.33. The average Bonchev–Trinajstić information content (AvgIpc) is 2.97. The third kappa shape index (κ3) is 1.75. The van der Waals surface area contributed by atoms with Crippen molar-refractivity contribution < 1.29 is 9.15 Å². The first kappa shape index (κ1) is 9.89. The summed E-state index contributed by atoms with van der Waals surface area (Å²) in [6, 6.07) is 9.38. The molecule has 0 amide bonds. The Morgan fingerprint density at radius 3 is 3.00 bits per heavy atom. The van der Waals surface area contributed by atoms with Gasteiger partial charge in [0, 0.05) is 6.07 Å². The fourth-order valence-electron chi connectivity index (χ4n) is 1.72. The van der Waals surface area contributed by atoms with Gasteiger partial charge in [0.05, 0.1) is 19.8 Å². The van der Waals surface area contributed by atoms with Crippen molar-refractivity contribution in [3.05, 3.63) is 48.2 Å². The van der Waals surface area contributed by atoms with Crippen LogP contribution in [0.25, 0.3) is 5.65 Å². The molecule has 0 saturated carbocycles. The lowest BCUT2D eigenvalue weighted by molar-refractivity contribution is 0.385. The van der Waals surface area contributed by atoms with E-state index in [1.807, 2.05) is 30.3 Å². The zero-order chi connectivity index (χ0) is 11.7. The maximum Gasteiger partial charge on any atom is 0.216 e. The molecule has 0 atom stereocenters. The van der Waals surface area contributed by atoms with Gasteiger partial charge in [-0.1, -0.05) is 6.07 Å². The van der Waals surface area contributed by atoms with Crippen molar-refractivity contribution in [3.8, 4) is 5.88 Å². The molecule has 5 nitrogen and oxygen atoms in total. The maximum atomic E-state index is 5.27. The monoisotopic (exact) mass is 229 g/mol. The van der Waals surface area contributed by atoms with Crippen LogP contribution in [0.4, 0.5) is 0 Å². The second kappa shape index (κ2) is 3.93. The molecule has 0 aromatic carbocycles. The molecule has 5 heteroatoms. The standard InChI is InChI=1S/C12H11N3O2/c1-16-12-6-2-5-11-13-10(14-15(11)12)8-9-4-3-7-17-9/h2-7H,8H2,1H3. The lowest BCUT2D eigenvalue weighted by Gasteiger charge is -1.99. The van der Waals surface area contributed by atoms with Crippen molar-refractivity contribution in [2.45, 2.75) is 6.42 Å². The molecular weight excluding hydrogens is 218 g/mol. The Hall–Kier alpha value is -2.30. The predicted octanol–water partition coefficient (Wildman–Crippen LogP) is 1.92. The summed E-state index contributed by atoms with van der Waals surface area (Å²) in [7, 11) is 1.61. The summed E-state index contributed by atoms with van der Waals surface area (Å²) in [5.74, 6) is 2.23. The molecule has 86 valence electrons. The van der Waals surface area contributed by atoms with Crippen molar-refractivity contribution in [1.82, 2.24) is 14.6 Å². The number of ether oxygens (including phenoxy) is 1. The van der Waals surface area contributed by atoms with E-state index in [2.05, 4.69) is 10.1 Å². The first-order valence-corrected chi connectivity index (χ1v) is 5.28. The van der Waals surface area contributed by atoms with Crippen molar-refractivity contribution in [2.24, 2.45) is 0 Å². The largest absolute Gasteiger partial charge is 0.481 e. The molecule has 17 heavy (non-hydrogen) atoms. The van der Waals surface area contributed by atoms with E-state index in [0.717, 1.165) is 11.4 Å². The second-order valence-corrected chi connectivity index (χ2v) is 3.62. The molecule has 0 bridgehead atoms. The molecule has 0 radical (unpaired) electrons. The van der Waals surface area contributed by atoms with Crippen molar-refractivity contribution in [2.75, 3.05) is 7.11 Å². The molecule has 0 aliphatic carbocycles. The van der Waals surface area contributed by atoms with Gasteiger partial charge in [0.15, 0.2) is 11.5 Å². The third-order valence-electron chi connectivity index (χ3n) is 2.49. The molecule has 0 saturated heterocycles. The smallest absolute Gasteiger partial charge is 0.216 e. The fraction of sp³-hybridized carbons (Fsp3) is 0.167. The minimum absolute atomic E-state index is 0.581. The number of hydrogen-bond donors (Lipinski definition) is 0. The maximum absolute atomic E-state index is 5.27. The van der Waals surface area contributed by atoms with E-state index >= 15 is 0 Å². The van der Waals surface area contributed by atoms with Crippen LogP contribution in [0.2, 0.25) is 0 Å². The summed E-state index contributed by atoms with van der Waals surface area (Å²) in [5, 5.41) is 4.38. The highest BCUT2D eigenvalue weighted by Crippen LogP contribution is 2.14. The number of pyridine rings is 1. The first-order valence-electron chi connectivity index (χ1n) is 5.28. The number of aromatic nitrogens is 3. The number of fused-ring (bicyclic) bond motifs is 1. The molecular formula is C12H11N3O2. The summed E-state index contributed by atoms with van der Waals surface area (Å²) in [5.41, 5.74) is 0.769. The van der Waals surface area contributed by atoms with Crippen LogP contribution in [0.1, 0.15) is 11.6 Å². The summed E-state index contributed by atoms with van der Waals surface area (Å²) in [4.78, 5) is 4.41. The lowest BCUT2D eigenvalue weighted by Crippen LogP contribution is -1.95. The number of rotatable bonds is 3. The minimum atomic E-state index is 0.581. The predicted molar refractivity (Wildman–Crippen MR) is 61.1 cm³/mol. The van der Waals surface area contributed by atoms with E-state index in [0.29, 0.717) is 18.1 Å². The summed E-state index contributed by atoms with van der Waals surface area (Å²) in [6.07, 6.45) is 2.23. The van der Waals surface area contributed by atoms with Crippen LogP contribution in [0.3, 0.4) is 0 Å². The molecule has 0 spiro atoms. The molecule has 0 unspecified atom stereocenters. The topological polar surface area (TPSA) is 52.6 Å². The molecule has 3 aromatic heterocycles. The van der Waals surface area contributed by atoms with Gasteiger partial charge in [-0.2, -0.15) is 4.52 Å². The van der Waals surface area contributed by atoms with Crippen LogP contribution in [-0.4, -0.2) is 21.7 Å². The Morgan fingerprint density at radius 2 is 2.24 bits per heavy atom. The fourth-order valence-corrected chi connectivity index (χ4v) is 1.72. The Balaban J connectivity index is 2.02. The van der Waals surface area contributed by atoms with Gasteiger partial charge in [0.2, 0.25) is 5.88 Å². The number of nitrogens with zero attached hydrogens (tertiary/aromatic N) is 3. The highest BCUT2D eigenvalue weighted by molar-refractivity contribution is 5.41. The molecule has 3 rings (SSSR count). The van der Waals surface area contributed by atoms with Crippen LogP contribution in [0.5, 0.6) is 5.88 Å². The van der Waals surface area contributed by atoms with Gasteiger partial charge in [0.25, 0.3) is 0 Å². The Morgan fingerprint density at radius 1 is 1.29 bits per heavy atom. The molecule has 3 heterocycles. The van der Waals surface area contributed by atoms with Crippen LogP contribution in [0, 0.1) is 0 Å². The normalized spacial score (nSPS) is 10.9. The third-order valence-corrected chi connectivity index (χ3v) is 2.49. The second-order valence-electron chi connectivity index (χ2n) is 3.62. The van der Waals surface area contributed by atoms with E-state index in [4.69, 9.17) is 9.15 Å². The first-order chi connectivity index (χ1) is 8.36. The van der Waals surface area contributed by atoms with Gasteiger partial charge in [-0.25, -0.2) is 4.98 Å². The van der Waals surface area contributed by atoms with Gasteiger partial charge < -0.3 is 9.15 Å². The molecule has 0 aliphatic rings. The van der Waals surface area contributed by atoms with Crippen molar-refractivity contribution in [3.63, 3.8) is 0 Å². The highest BCUT2D eigenvalue weighted by Gasteiger charge is 2.08. The van der Waals surface area contributed by atoms with Gasteiger partial charge in [0.1, 0.15) is 5.76 Å². The van der Waals surface area contributed by atoms with Crippen LogP contribution in [0.15, 0.2) is 41.0 Å². The van der Waals surface area contributed by atoms with E-state index < -0.39 is 0 Å². The van der Waals surface area contributed by atoms with E-state index in [1.54, 1.807) is 17.9 Å². The average molecular weight is 229 g/mol. The molecule has 0 N–H and O–H groups in total. The van der Waals surface area contributed by atoms with E-state index in [9.17, 15) is 0 Å². The number of methoxy groups -OCH3 is 1. The summed E-state index contributed by atoms with van der Waals surface area (Å²) in [6.45, 7) is 0. The lowest BCUT2D eigenvalue weighted by atomic mass is 10.3. The molecule has 3 aromatic rings.